The predicted molar refractivity (Wildman–Crippen MR) is 55.8 cm³/mol. The quantitative estimate of drug-likeness (QED) is 0.717. The highest BCUT2D eigenvalue weighted by Gasteiger charge is 2.25. The highest BCUT2D eigenvalue weighted by molar-refractivity contribution is 7.86. The highest BCUT2D eigenvalue weighted by atomic mass is 32.2. The summed E-state index contributed by atoms with van der Waals surface area (Å²) in [5.41, 5.74) is 1.87. The van der Waals surface area contributed by atoms with Crippen molar-refractivity contribution >= 4 is 10.1 Å². The van der Waals surface area contributed by atoms with Crippen molar-refractivity contribution < 1.29 is 12.6 Å². The predicted octanol–water partition coefficient (Wildman–Crippen LogP) is 1.44. The average Bonchev–Trinajstić information content (AvgIpc) is 2.16. The molecule has 1 atom stereocenters. The van der Waals surface area contributed by atoms with Gasteiger partial charge in [0, 0.05) is 6.20 Å². The van der Waals surface area contributed by atoms with Gasteiger partial charge in [0.1, 0.15) is 6.10 Å². The number of pyridine rings is 1. The van der Waals surface area contributed by atoms with E-state index in [0.29, 0.717) is 0 Å². The number of rotatable bonds is 2. The second kappa shape index (κ2) is 3.90. The number of aryl methyl sites for hydroxylation is 1. The Labute approximate surface area is 89.4 Å². The second-order valence-corrected chi connectivity index (χ2v) is 5.33. The SMILES string of the molecule is CS(=O)(=O)OC1CCCc2cccnc21. The number of hydrogen-bond acceptors (Lipinski definition) is 4. The summed E-state index contributed by atoms with van der Waals surface area (Å²) in [7, 11) is -3.41. The van der Waals surface area contributed by atoms with E-state index in [2.05, 4.69) is 4.98 Å². The van der Waals surface area contributed by atoms with Crippen LogP contribution in [0.25, 0.3) is 0 Å². The number of fused-ring (bicyclic) bond motifs is 1. The minimum atomic E-state index is -3.41. The van der Waals surface area contributed by atoms with E-state index in [1.807, 2.05) is 12.1 Å². The minimum Gasteiger partial charge on any atom is -0.260 e. The molecule has 0 fully saturated rings. The van der Waals surface area contributed by atoms with Gasteiger partial charge in [-0.05, 0) is 30.9 Å². The summed E-state index contributed by atoms with van der Waals surface area (Å²) in [4.78, 5) is 4.20. The zero-order valence-corrected chi connectivity index (χ0v) is 9.33. The number of nitrogens with zero attached hydrogens (tertiary/aromatic N) is 1. The highest BCUT2D eigenvalue weighted by Crippen LogP contribution is 2.31. The van der Waals surface area contributed by atoms with Crippen LogP contribution in [0.3, 0.4) is 0 Å². The molecule has 1 heterocycles. The monoisotopic (exact) mass is 227 g/mol. The van der Waals surface area contributed by atoms with Crippen LogP contribution in [-0.4, -0.2) is 19.7 Å². The lowest BCUT2D eigenvalue weighted by Crippen LogP contribution is -2.17. The molecule has 0 saturated heterocycles. The van der Waals surface area contributed by atoms with Gasteiger partial charge < -0.3 is 0 Å². The maximum atomic E-state index is 11.1. The van der Waals surface area contributed by atoms with Crippen LogP contribution >= 0.6 is 0 Å². The minimum absolute atomic E-state index is 0.398. The Morgan fingerprint density at radius 2 is 2.33 bits per heavy atom. The molecule has 15 heavy (non-hydrogen) atoms. The van der Waals surface area contributed by atoms with Crippen LogP contribution in [0.4, 0.5) is 0 Å². The fraction of sp³-hybridized carbons (Fsp3) is 0.500. The Morgan fingerprint density at radius 1 is 1.53 bits per heavy atom. The molecule has 0 aromatic carbocycles. The molecule has 0 amide bonds. The van der Waals surface area contributed by atoms with Gasteiger partial charge in [0.05, 0.1) is 11.9 Å². The molecule has 0 spiro atoms. The lowest BCUT2D eigenvalue weighted by Gasteiger charge is -2.22. The Bertz CT molecular complexity index is 455. The molecule has 1 aliphatic carbocycles. The Balaban J connectivity index is 2.30. The fourth-order valence-corrected chi connectivity index (χ4v) is 2.48. The molecule has 1 aromatic rings. The Hall–Kier alpha value is -0.940. The van der Waals surface area contributed by atoms with Crippen molar-refractivity contribution in [3.63, 3.8) is 0 Å². The third kappa shape index (κ3) is 2.54. The van der Waals surface area contributed by atoms with Crippen LogP contribution < -0.4 is 0 Å². The van der Waals surface area contributed by atoms with E-state index in [9.17, 15) is 8.42 Å². The van der Waals surface area contributed by atoms with Gasteiger partial charge in [-0.3, -0.25) is 9.17 Å². The van der Waals surface area contributed by atoms with Crippen molar-refractivity contribution in [2.45, 2.75) is 25.4 Å². The molecule has 82 valence electrons. The van der Waals surface area contributed by atoms with E-state index >= 15 is 0 Å². The van der Waals surface area contributed by atoms with Gasteiger partial charge in [0.15, 0.2) is 0 Å². The largest absolute Gasteiger partial charge is 0.265 e. The molecule has 2 rings (SSSR count). The maximum Gasteiger partial charge on any atom is 0.265 e. The van der Waals surface area contributed by atoms with Crippen LogP contribution in [0.2, 0.25) is 0 Å². The van der Waals surface area contributed by atoms with Crippen LogP contribution in [0, 0.1) is 0 Å². The third-order valence-corrected chi connectivity index (χ3v) is 3.02. The summed E-state index contributed by atoms with van der Waals surface area (Å²) in [6.45, 7) is 0. The van der Waals surface area contributed by atoms with Crippen molar-refractivity contribution in [3.8, 4) is 0 Å². The van der Waals surface area contributed by atoms with Crippen molar-refractivity contribution in [2.75, 3.05) is 6.26 Å². The molecular weight excluding hydrogens is 214 g/mol. The van der Waals surface area contributed by atoms with Gasteiger partial charge in [-0.2, -0.15) is 8.42 Å². The second-order valence-electron chi connectivity index (χ2n) is 3.73. The van der Waals surface area contributed by atoms with Gasteiger partial charge in [0.25, 0.3) is 10.1 Å². The van der Waals surface area contributed by atoms with Crippen molar-refractivity contribution in [1.82, 2.24) is 4.98 Å². The first-order chi connectivity index (χ1) is 7.06. The average molecular weight is 227 g/mol. The lowest BCUT2D eigenvalue weighted by molar-refractivity contribution is 0.188. The Morgan fingerprint density at radius 3 is 3.07 bits per heavy atom. The van der Waals surface area contributed by atoms with E-state index in [1.54, 1.807) is 6.20 Å². The molecule has 1 aliphatic rings. The lowest BCUT2D eigenvalue weighted by atomic mass is 9.94. The zero-order valence-electron chi connectivity index (χ0n) is 8.51. The fourth-order valence-electron chi connectivity index (χ4n) is 1.87. The van der Waals surface area contributed by atoms with Crippen LogP contribution in [0.15, 0.2) is 18.3 Å². The van der Waals surface area contributed by atoms with Gasteiger partial charge in [-0.15, -0.1) is 0 Å². The summed E-state index contributed by atoms with van der Waals surface area (Å²) < 4.78 is 27.1. The van der Waals surface area contributed by atoms with Gasteiger partial charge in [-0.25, -0.2) is 0 Å². The molecule has 0 saturated carbocycles. The third-order valence-electron chi connectivity index (χ3n) is 2.43. The van der Waals surface area contributed by atoms with Gasteiger partial charge in [0.2, 0.25) is 0 Å². The Kier molecular flexibility index (Phi) is 2.75. The topological polar surface area (TPSA) is 56.3 Å². The molecule has 0 radical (unpaired) electrons. The van der Waals surface area contributed by atoms with Crippen molar-refractivity contribution in [2.24, 2.45) is 0 Å². The van der Waals surface area contributed by atoms with Crippen molar-refractivity contribution in [3.05, 3.63) is 29.6 Å². The van der Waals surface area contributed by atoms with Gasteiger partial charge in [-0.1, -0.05) is 6.07 Å². The van der Waals surface area contributed by atoms with E-state index in [4.69, 9.17) is 4.18 Å². The summed E-state index contributed by atoms with van der Waals surface area (Å²) in [6, 6.07) is 3.84. The first-order valence-corrected chi connectivity index (χ1v) is 6.70. The number of aromatic nitrogens is 1. The summed E-state index contributed by atoms with van der Waals surface area (Å²) >= 11 is 0. The standard InChI is InChI=1S/C10H13NO3S/c1-15(12,13)14-9-6-2-4-8-5-3-7-11-10(8)9/h3,5,7,9H,2,4,6H2,1H3. The van der Waals surface area contributed by atoms with Crippen molar-refractivity contribution in [1.29, 1.82) is 0 Å². The molecule has 0 bridgehead atoms. The zero-order chi connectivity index (χ0) is 10.9. The normalized spacial score (nSPS) is 21.0. The molecular formula is C10H13NO3S. The smallest absolute Gasteiger partial charge is 0.260 e. The first kappa shape index (κ1) is 10.6. The first-order valence-electron chi connectivity index (χ1n) is 4.88. The van der Waals surface area contributed by atoms with E-state index in [0.717, 1.165) is 36.8 Å². The molecule has 1 unspecified atom stereocenters. The summed E-state index contributed by atoms with van der Waals surface area (Å²) in [5.74, 6) is 0. The molecule has 0 aliphatic heterocycles. The molecule has 1 aromatic heterocycles. The maximum absolute atomic E-state index is 11.1. The van der Waals surface area contributed by atoms with E-state index < -0.39 is 16.2 Å². The summed E-state index contributed by atoms with van der Waals surface area (Å²) in [5, 5.41) is 0. The molecule has 0 N–H and O–H groups in total. The molecule has 4 nitrogen and oxygen atoms in total. The van der Waals surface area contributed by atoms with E-state index in [1.165, 1.54) is 0 Å². The molecule has 5 heteroatoms. The van der Waals surface area contributed by atoms with Crippen LogP contribution in [0.5, 0.6) is 0 Å². The number of hydrogen-bond donors (Lipinski definition) is 0. The van der Waals surface area contributed by atoms with Crippen LogP contribution in [-0.2, 0) is 20.7 Å². The van der Waals surface area contributed by atoms with E-state index in [-0.39, 0.29) is 0 Å². The van der Waals surface area contributed by atoms with Crippen LogP contribution in [0.1, 0.15) is 30.2 Å². The van der Waals surface area contributed by atoms with Gasteiger partial charge >= 0.3 is 0 Å². The summed E-state index contributed by atoms with van der Waals surface area (Å²) in [6.07, 6.45) is 4.96.